The molecule has 0 bridgehead atoms. The Morgan fingerprint density at radius 3 is 2.27 bits per heavy atom. The molecule has 1 aliphatic carbocycles. The van der Waals surface area contributed by atoms with Crippen LogP contribution in [0.4, 0.5) is 4.79 Å². The fourth-order valence-electron chi connectivity index (χ4n) is 10.4. The van der Waals surface area contributed by atoms with Crippen LogP contribution in [0, 0.1) is 23.7 Å². The molecule has 5 rings (SSSR count). The van der Waals surface area contributed by atoms with Crippen LogP contribution in [0.3, 0.4) is 0 Å². The monoisotopic (exact) mass is 909 g/mol. The van der Waals surface area contributed by atoms with Crippen LogP contribution >= 0.6 is 0 Å². The van der Waals surface area contributed by atoms with Gasteiger partial charge in [-0.2, -0.15) is 0 Å². The predicted octanol–water partition coefficient (Wildman–Crippen LogP) is 4.52. The van der Waals surface area contributed by atoms with E-state index in [1.165, 1.54) is 21.1 Å². The van der Waals surface area contributed by atoms with Gasteiger partial charge in [-0.15, -0.1) is 0 Å². The number of Topliss-reactive ketones (excluding diaryl/α,β-unsaturated/α-hetero) is 1. The van der Waals surface area contributed by atoms with E-state index in [1.807, 2.05) is 52.8 Å². The number of hydrogen-bond acceptors (Lipinski definition) is 16. The molecule has 1 saturated carbocycles. The second-order valence-corrected chi connectivity index (χ2v) is 19.7. The Bertz CT molecular complexity index is 1740. The largest absolute Gasteiger partial charge is 0.459 e. The standard InChI is InChI=1S/C47H76N2O15/c1-14-36-47(9,55)37(56-12)20-33(50)26(3)21-46(8,57-13)41(63-43-38(51)32(49(10)11)18-27(4)60-43)28(5)39(29(6)42(52)62-36)61-31-17-25(2)40(45(7,54)22-31)64-44(53)48-23-30-15-16-34-35(19-30)59-24-58-34/h15-16,19,25-29,31-32,36-41,43,51,54-55H,14,17-18,20-24H2,1-13H3,(H,48,53)/t25-,26-,27-,28+,29-,31-,32+,36-,37-,38-,39+,40+,41-,43+,45-,46+,47-/m1/s1. The number of benzene rings is 1. The highest BCUT2D eigenvalue weighted by atomic mass is 16.7. The molecule has 0 unspecified atom stereocenters. The first-order valence-electron chi connectivity index (χ1n) is 22.9. The fourth-order valence-corrected chi connectivity index (χ4v) is 10.4. The van der Waals surface area contributed by atoms with E-state index < -0.39 is 102 Å². The third-order valence-corrected chi connectivity index (χ3v) is 14.2. The zero-order chi connectivity index (χ0) is 47.5. The normalized spacial score (nSPS) is 41.3. The fraction of sp³-hybridized carbons (Fsp3) is 0.809. The van der Waals surface area contributed by atoms with E-state index in [1.54, 1.807) is 39.8 Å². The van der Waals surface area contributed by atoms with Crippen LogP contribution < -0.4 is 14.8 Å². The summed E-state index contributed by atoms with van der Waals surface area (Å²) in [5.74, 6) is -2.37. The van der Waals surface area contributed by atoms with Crippen LogP contribution in [0.2, 0.25) is 0 Å². The first kappa shape index (κ1) is 51.8. The van der Waals surface area contributed by atoms with Gasteiger partial charge in [0.1, 0.15) is 35.3 Å². The molecule has 17 heteroatoms. The third kappa shape index (κ3) is 11.7. The molecule has 17 nitrogen and oxygen atoms in total. The molecule has 0 aromatic heterocycles. The maximum atomic E-state index is 14.5. The lowest BCUT2D eigenvalue weighted by atomic mass is 9.74. The van der Waals surface area contributed by atoms with E-state index in [2.05, 4.69) is 5.32 Å². The minimum absolute atomic E-state index is 0.0370. The van der Waals surface area contributed by atoms with Gasteiger partial charge in [-0.05, 0) is 98.0 Å². The Balaban J connectivity index is 1.47. The number of alkyl carbamates (subject to hydrolysis) is 1. The van der Waals surface area contributed by atoms with Crippen molar-refractivity contribution >= 4 is 17.8 Å². The SMILES string of the molecule is CC[C@H]1OC(=O)[C@H](C)[C@@H](O[C@@H]2C[C@@H](C)[C@H](OC(=O)NCc3ccc4c(c3)OCO4)[C@](C)(O)C2)[C@H](C)[C@@H](O[C@@H]2O[C@H](C)C[C@H](N(C)C)[C@H]2O)[C@@](C)(OC)C[C@@H](C)C(=O)C[C@@H](OC)[C@]1(C)O. The summed E-state index contributed by atoms with van der Waals surface area (Å²) in [5.41, 5.74) is -3.76. The van der Waals surface area contributed by atoms with Gasteiger partial charge in [-0.25, -0.2) is 4.79 Å². The number of cyclic esters (lactones) is 1. The zero-order valence-electron chi connectivity index (χ0n) is 40.2. The Kier molecular flexibility index (Phi) is 17.2. The molecule has 3 aliphatic heterocycles. The minimum Gasteiger partial charge on any atom is -0.459 e. The summed E-state index contributed by atoms with van der Waals surface area (Å²) in [6.45, 7) is 16.1. The number of ether oxygens (including phenoxy) is 9. The first-order chi connectivity index (χ1) is 30.0. The number of fused-ring (bicyclic) bond motifs is 1. The van der Waals surface area contributed by atoms with Crippen LogP contribution in [0.25, 0.3) is 0 Å². The van der Waals surface area contributed by atoms with E-state index in [0.29, 0.717) is 24.3 Å². The quantitative estimate of drug-likeness (QED) is 0.225. The predicted molar refractivity (Wildman–Crippen MR) is 233 cm³/mol. The number of methoxy groups -OCH3 is 2. The molecule has 2 saturated heterocycles. The topological polar surface area (TPSA) is 210 Å². The van der Waals surface area contributed by atoms with Crippen molar-refractivity contribution in [3.8, 4) is 11.5 Å². The molecular formula is C47H76N2O15. The number of amides is 1. The van der Waals surface area contributed by atoms with Crippen molar-refractivity contribution in [3.63, 3.8) is 0 Å². The molecule has 3 fully saturated rings. The highest BCUT2D eigenvalue weighted by molar-refractivity contribution is 5.81. The lowest BCUT2D eigenvalue weighted by molar-refractivity contribution is -0.304. The minimum atomic E-state index is -1.74. The number of nitrogens with one attached hydrogen (secondary N) is 1. The summed E-state index contributed by atoms with van der Waals surface area (Å²) < 4.78 is 55.2. The average Bonchev–Trinajstić information content (AvgIpc) is 3.71. The Morgan fingerprint density at radius 1 is 0.953 bits per heavy atom. The molecule has 1 aromatic carbocycles. The van der Waals surface area contributed by atoms with E-state index in [-0.39, 0.29) is 57.0 Å². The Morgan fingerprint density at radius 2 is 1.64 bits per heavy atom. The molecule has 364 valence electrons. The smallest absolute Gasteiger partial charge is 0.407 e. The number of hydrogen-bond donors (Lipinski definition) is 4. The van der Waals surface area contributed by atoms with Gasteiger partial charge >= 0.3 is 12.1 Å². The Hall–Kier alpha value is -3.13. The second-order valence-electron chi connectivity index (χ2n) is 19.7. The van der Waals surface area contributed by atoms with Crippen LogP contribution in [0.5, 0.6) is 11.5 Å². The number of rotatable bonds is 11. The van der Waals surface area contributed by atoms with E-state index >= 15 is 0 Å². The molecule has 0 spiro atoms. The molecule has 17 atom stereocenters. The van der Waals surface area contributed by atoms with E-state index in [0.717, 1.165) is 5.56 Å². The maximum absolute atomic E-state index is 14.5. The molecule has 3 heterocycles. The van der Waals surface area contributed by atoms with Gasteiger partial charge in [0.25, 0.3) is 0 Å². The van der Waals surface area contributed by atoms with Crippen molar-refractivity contribution in [1.29, 1.82) is 0 Å². The number of aliphatic hydroxyl groups excluding tert-OH is 1. The summed E-state index contributed by atoms with van der Waals surface area (Å²) >= 11 is 0. The van der Waals surface area contributed by atoms with Crippen LogP contribution in [0.1, 0.15) is 106 Å². The zero-order valence-corrected chi connectivity index (χ0v) is 40.2. The van der Waals surface area contributed by atoms with Crippen molar-refractivity contribution in [2.24, 2.45) is 23.7 Å². The number of ketones is 1. The van der Waals surface area contributed by atoms with E-state index in [9.17, 15) is 29.7 Å². The van der Waals surface area contributed by atoms with E-state index in [4.69, 9.17) is 42.6 Å². The molecule has 64 heavy (non-hydrogen) atoms. The first-order valence-corrected chi connectivity index (χ1v) is 22.9. The highest BCUT2D eigenvalue weighted by Gasteiger charge is 2.53. The molecular weight excluding hydrogens is 833 g/mol. The van der Waals surface area contributed by atoms with Crippen molar-refractivity contribution in [3.05, 3.63) is 23.8 Å². The number of likely N-dealkylation sites (N-methyl/N-ethyl adjacent to an activating group) is 1. The van der Waals surface area contributed by atoms with Crippen LogP contribution in [-0.2, 0) is 49.3 Å². The summed E-state index contributed by atoms with van der Waals surface area (Å²) in [6, 6.07) is 5.07. The third-order valence-electron chi connectivity index (χ3n) is 14.2. The average molecular weight is 909 g/mol. The van der Waals surface area contributed by atoms with Crippen LogP contribution in [0.15, 0.2) is 18.2 Å². The maximum Gasteiger partial charge on any atom is 0.407 e. The highest BCUT2D eigenvalue weighted by Crippen LogP contribution is 2.43. The van der Waals surface area contributed by atoms with Crippen molar-refractivity contribution < 1.29 is 72.3 Å². The van der Waals surface area contributed by atoms with Gasteiger partial charge in [0.2, 0.25) is 6.79 Å². The Labute approximate surface area is 379 Å². The molecule has 4 N–H and O–H groups in total. The summed E-state index contributed by atoms with van der Waals surface area (Å²) in [7, 11) is 6.70. The van der Waals surface area contributed by atoms with Gasteiger partial charge in [-0.1, -0.05) is 33.8 Å². The number of aliphatic hydroxyl groups is 3. The number of esters is 1. The van der Waals surface area contributed by atoms with Crippen LogP contribution in [-0.4, -0.2) is 151 Å². The van der Waals surface area contributed by atoms with Gasteiger partial charge in [-0.3, -0.25) is 9.59 Å². The summed E-state index contributed by atoms with van der Waals surface area (Å²) in [6.07, 6.45) is -7.57. The lowest BCUT2D eigenvalue weighted by Gasteiger charge is -2.49. The molecule has 1 amide bonds. The van der Waals surface area contributed by atoms with Gasteiger partial charge in [0, 0.05) is 51.5 Å². The molecule has 1 aromatic rings. The molecule has 4 aliphatic rings. The number of nitrogens with zero attached hydrogens (tertiary/aromatic N) is 1. The van der Waals surface area contributed by atoms with Gasteiger partial charge in [0.15, 0.2) is 17.8 Å². The lowest BCUT2D eigenvalue weighted by Crippen LogP contribution is -2.60. The van der Waals surface area contributed by atoms with Gasteiger partial charge < -0.3 is 68.2 Å². The second kappa shape index (κ2) is 21.2. The van der Waals surface area contributed by atoms with Gasteiger partial charge in [0.05, 0.1) is 42.0 Å². The number of carbonyl (C=O) groups is 3. The number of carbonyl (C=O) groups excluding carboxylic acids is 3. The summed E-state index contributed by atoms with van der Waals surface area (Å²) in [4.78, 5) is 43.6. The van der Waals surface area contributed by atoms with Crippen molar-refractivity contribution in [2.75, 3.05) is 35.1 Å². The van der Waals surface area contributed by atoms with Crippen molar-refractivity contribution in [2.45, 2.75) is 185 Å². The van der Waals surface area contributed by atoms with Crippen molar-refractivity contribution in [1.82, 2.24) is 10.2 Å². The molecule has 0 radical (unpaired) electrons. The summed E-state index contributed by atoms with van der Waals surface area (Å²) in [5, 5.41) is 38.4.